The Balaban J connectivity index is 0.00000198. The van der Waals surface area contributed by atoms with Crippen LogP contribution < -0.4 is 5.32 Å². The normalized spacial score (nSPS) is 18.5. The topological polar surface area (TPSA) is 103 Å². The minimum Gasteiger partial charge on any atom is -0.391 e. The molecule has 2 N–H and O–H groups in total. The second-order valence-corrected chi connectivity index (χ2v) is 11.8. The van der Waals surface area contributed by atoms with Gasteiger partial charge in [0.2, 0.25) is 11.8 Å². The van der Waals surface area contributed by atoms with E-state index in [1.54, 1.807) is 23.5 Å². The number of nitrogens with one attached hydrogen (secondary N) is 1. The zero-order chi connectivity index (χ0) is 30.7. The first-order chi connectivity index (χ1) is 20.1. The molecule has 224 valence electrons. The Labute approximate surface area is 250 Å². The highest BCUT2D eigenvalue weighted by molar-refractivity contribution is 7.13. The summed E-state index contributed by atoms with van der Waals surface area (Å²) in [6.45, 7) is 12.0. The van der Waals surface area contributed by atoms with Crippen LogP contribution in [0, 0.1) is 25.6 Å². The van der Waals surface area contributed by atoms with E-state index in [0.29, 0.717) is 5.56 Å². The van der Waals surface area contributed by atoms with Crippen LogP contribution in [0.2, 0.25) is 0 Å². The molecule has 2 aromatic carbocycles. The van der Waals surface area contributed by atoms with E-state index in [2.05, 4.69) is 16.4 Å². The number of β-amino-alcohol motifs (C(OH)–C–C–N with tert-alkyl or cyclic N) is 1. The lowest BCUT2D eigenvalue weighted by Crippen LogP contribution is -2.55. The van der Waals surface area contributed by atoms with Crippen molar-refractivity contribution in [3.8, 4) is 10.4 Å². The van der Waals surface area contributed by atoms with Gasteiger partial charge < -0.3 is 20.2 Å². The van der Waals surface area contributed by atoms with Crippen molar-refractivity contribution in [1.29, 1.82) is 0 Å². The van der Waals surface area contributed by atoms with Gasteiger partial charge in [-0.2, -0.15) is 0 Å². The average Bonchev–Trinajstić information content (AvgIpc) is 3.66. The van der Waals surface area contributed by atoms with Gasteiger partial charge in [0.1, 0.15) is 17.9 Å². The number of amides is 3. The summed E-state index contributed by atoms with van der Waals surface area (Å²) in [5.74, 6) is -2.23. The molecule has 0 bridgehead atoms. The summed E-state index contributed by atoms with van der Waals surface area (Å²) in [7, 11) is 0. The molecule has 3 unspecified atom stereocenters. The van der Waals surface area contributed by atoms with Gasteiger partial charge >= 0.3 is 0 Å². The quantitative estimate of drug-likeness (QED) is 0.407. The monoisotopic (exact) mass is 594 g/mol. The van der Waals surface area contributed by atoms with E-state index in [-0.39, 0.29) is 43.4 Å². The maximum atomic E-state index is 14.4. The molecule has 0 spiro atoms. The number of nitrogens with zero attached hydrogens (tertiary/aromatic N) is 3. The highest BCUT2D eigenvalue weighted by atomic mass is 32.1. The van der Waals surface area contributed by atoms with Gasteiger partial charge in [0.15, 0.2) is 0 Å². The number of aromatic nitrogens is 1. The average molecular weight is 595 g/mol. The summed E-state index contributed by atoms with van der Waals surface area (Å²) in [4.78, 5) is 48.5. The van der Waals surface area contributed by atoms with Crippen LogP contribution in [0.25, 0.3) is 10.4 Å². The summed E-state index contributed by atoms with van der Waals surface area (Å²) in [6, 6.07) is 8.74. The Morgan fingerprint density at radius 1 is 1.19 bits per heavy atom. The molecule has 0 aliphatic carbocycles. The molecule has 42 heavy (non-hydrogen) atoms. The number of aryl methyl sites for hydroxylation is 2. The zero-order valence-corrected chi connectivity index (χ0v) is 25.8. The largest absolute Gasteiger partial charge is 0.391 e. The Morgan fingerprint density at radius 2 is 1.93 bits per heavy atom. The highest BCUT2D eigenvalue weighted by Gasteiger charge is 2.46. The van der Waals surface area contributed by atoms with Crippen molar-refractivity contribution in [2.24, 2.45) is 5.92 Å². The van der Waals surface area contributed by atoms with E-state index >= 15 is 0 Å². The third kappa shape index (κ3) is 6.10. The molecule has 3 amide bonds. The number of aliphatic hydroxyl groups excluding tert-OH is 1. The minimum atomic E-state index is -0.898. The van der Waals surface area contributed by atoms with Crippen LogP contribution >= 0.6 is 11.3 Å². The first-order valence-electron chi connectivity index (χ1n) is 14.4. The molecular weight excluding hydrogens is 555 g/mol. The first-order valence-corrected chi connectivity index (χ1v) is 15.3. The second-order valence-electron chi connectivity index (χ2n) is 10.9. The third-order valence-corrected chi connectivity index (χ3v) is 8.78. The lowest BCUT2D eigenvalue weighted by atomic mass is 10.00. The van der Waals surface area contributed by atoms with E-state index in [0.717, 1.165) is 27.3 Å². The number of hydrogen-bond acceptors (Lipinski definition) is 6. The van der Waals surface area contributed by atoms with Crippen LogP contribution in [-0.2, 0) is 22.7 Å². The lowest BCUT2D eigenvalue weighted by Gasteiger charge is -2.35. The van der Waals surface area contributed by atoms with Gasteiger partial charge in [0.25, 0.3) is 5.91 Å². The summed E-state index contributed by atoms with van der Waals surface area (Å²) in [5, 5.41) is 13.4. The molecule has 10 heteroatoms. The predicted molar refractivity (Wildman–Crippen MR) is 161 cm³/mol. The van der Waals surface area contributed by atoms with Gasteiger partial charge in [0.05, 0.1) is 27.7 Å². The maximum absolute atomic E-state index is 14.4. The Kier molecular flexibility index (Phi) is 9.78. The van der Waals surface area contributed by atoms with Gasteiger partial charge in [-0.1, -0.05) is 58.0 Å². The minimum absolute atomic E-state index is 0.00853. The molecular formula is C32H39FN4O4S. The summed E-state index contributed by atoms with van der Waals surface area (Å²) >= 11 is 1.58. The fourth-order valence-corrected chi connectivity index (χ4v) is 6.53. The number of fused-ring (bicyclic) bond motifs is 1. The summed E-state index contributed by atoms with van der Waals surface area (Å²) in [5.41, 5.74) is 6.34. The number of thiazole rings is 1. The van der Waals surface area contributed by atoms with Crippen molar-refractivity contribution in [2.75, 3.05) is 6.54 Å². The van der Waals surface area contributed by atoms with Gasteiger partial charge in [-0.05, 0) is 48.1 Å². The molecule has 1 saturated heterocycles. The first kappa shape index (κ1) is 31.3. The van der Waals surface area contributed by atoms with E-state index in [9.17, 15) is 23.9 Å². The fourth-order valence-electron chi connectivity index (χ4n) is 5.73. The van der Waals surface area contributed by atoms with Crippen LogP contribution in [0.15, 0.2) is 41.9 Å². The van der Waals surface area contributed by atoms with Crippen molar-refractivity contribution in [1.82, 2.24) is 20.1 Å². The maximum Gasteiger partial charge on any atom is 0.258 e. The van der Waals surface area contributed by atoms with Gasteiger partial charge in [0, 0.05) is 26.1 Å². The van der Waals surface area contributed by atoms with E-state index in [1.807, 2.05) is 59.2 Å². The van der Waals surface area contributed by atoms with Crippen LogP contribution in [-0.4, -0.2) is 62.3 Å². The number of hydrogen-bond donors (Lipinski definition) is 2. The highest BCUT2D eigenvalue weighted by Crippen LogP contribution is 2.32. The Bertz CT molecular complexity index is 1470. The number of rotatable bonds is 7. The van der Waals surface area contributed by atoms with Crippen molar-refractivity contribution >= 4 is 29.1 Å². The SMILES string of the molecule is CC.Cc1cc(-c2scnc2C)ccc1CNC(=O)C1CC(O)CN1C(=O)C(C(C)C)N1Cc2cccc(F)c2C1=O. The summed E-state index contributed by atoms with van der Waals surface area (Å²) in [6.07, 6.45) is -0.756. The van der Waals surface area contributed by atoms with Gasteiger partial charge in [-0.3, -0.25) is 14.4 Å². The van der Waals surface area contributed by atoms with Crippen molar-refractivity contribution in [3.63, 3.8) is 0 Å². The second kappa shape index (κ2) is 13.1. The number of likely N-dealkylation sites (tertiary alicyclic amines) is 1. The molecule has 0 radical (unpaired) electrons. The van der Waals surface area contributed by atoms with E-state index < -0.39 is 35.8 Å². The van der Waals surface area contributed by atoms with Crippen LogP contribution in [0.4, 0.5) is 4.39 Å². The van der Waals surface area contributed by atoms with Gasteiger partial charge in [-0.25, -0.2) is 9.37 Å². The molecule has 3 aromatic rings. The van der Waals surface area contributed by atoms with Crippen LogP contribution in [0.3, 0.4) is 0 Å². The zero-order valence-electron chi connectivity index (χ0n) is 25.0. The van der Waals surface area contributed by atoms with Crippen molar-refractivity contribution in [2.45, 2.75) is 79.2 Å². The molecule has 1 fully saturated rings. The number of carbonyl (C=O) groups is 3. The molecule has 3 heterocycles. The number of aliphatic hydroxyl groups is 1. The third-order valence-electron chi connectivity index (χ3n) is 7.80. The predicted octanol–water partition coefficient (Wildman–Crippen LogP) is 4.85. The smallest absolute Gasteiger partial charge is 0.258 e. The Hall–Kier alpha value is -3.63. The summed E-state index contributed by atoms with van der Waals surface area (Å²) < 4.78 is 14.4. The van der Waals surface area contributed by atoms with E-state index in [1.165, 1.54) is 15.9 Å². The number of halogens is 1. The Morgan fingerprint density at radius 3 is 2.55 bits per heavy atom. The molecule has 8 nitrogen and oxygen atoms in total. The van der Waals surface area contributed by atoms with E-state index in [4.69, 9.17) is 0 Å². The number of carbonyl (C=O) groups excluding carboxylic acids is 3. The molecule has 1 aromatic heterocycles. The van der Waals surface area contributed by atoms with Crippen molar-refractivity contribution in [3.05, 3.63) is 75.7 Å². The van der Waals surface area contributed by atoms with Crippen LogP contribution in [0.5, 0.6) is 0 Å². The standard InChI is InChI=1S/C30H33FN4O4S.C2H6/c1-16(2)26(35-13-21-6-5-7-23(31)25(21)29(35)38)30(39)34-14-22(36)11-24(34)28(37)32-12-20-9-8-19(10-17(20)3)27-18(4)33-15-40-27;1-2/h5-10,15-16,22,24,26,36H,11-14H2,1-4H3,(H,32,37);1-2H3. The fraction of sp³-hybridized carbons (Fsp3) is 0.438. The molecule has 0 saturated carbocycles. The molecule has 3 atom stereocenters. The molecule has 2 aliphatic rings. The van der Waals surface area contributed by atoms with Crippen LogP contribution in [0.1, 0.15) is 66.9 Å². The van der Waals surface area contributed by atoms with Crippen molar-refractivity contribution < 1.29 is 23.9 Å². The van der Waals surface area contributed by atoms with Gasteiger partial charge in [-0.15, -0.1) is 11.3 Å². The molecule has 2 aliphatic heterocycles. The molecule has 5 rings (SSSR count). The number of benzene rings is 2. The lowest BCUT2D eigenvalue weighted by molar-refractivity contribution is -0.143.